The van der Waals surface area contributed by atoms with Crippen molar-refractivity contribution in [2.24, 2.45) is 0 Å². The quantitative estimate of drug-likeness (QED) is 0.773. The second kappa shape index (κ2) is 5.05. The summed E-state index contributed by atoms with van der Waals surface area (Å²) < 4.78 is 44.5. The van der Waals surface area contributed by atoms with E-state index in [2.05, 4.69) is 20.9 Å². The molecule has 0 amide bonds. The summed E-state index contributed by atoms with van der Waals surface area (Å²) in [7, 11) is 0. The van der Waals surface area contributed by atoms with Crippen LogP contribution in [0.5, 0.6) is 0 Å². The molecule has 1 unspecified atom stereocenters. The van der Waals surface area contributed by atoms with Crippen LogP contribution in [0.15, 0.2) is 22.9 Å². The van der Waals surface area contributed by atoms with Gasteiger partial charge in [-0.25, -0.2) is 4.98 Å². The fraction of sp³-hybridized carbons (Fsp3) is 0.545. The Balaban J connectivity index is 2.18. The first-order valence-corrected chi connectivity index (χ1v) is 5.49. The number of nitrogens with zero attached hydrogens (tertiary/aromatic N) is 2. The van der Waals surface area contributed by atoms with Crippen molar-refractivity contribution in [3.8, 4) is 0 Å². The Morgan fingerprint density at radius 1 is 1.80 bits per heavy atom. The largest absolute Gasteiger partial charge is 0.376 e. The third-order valence-corrected chi connectivity index (χ3v) is 2.55. The highest BCUT2D eigenvalue weighted by molar-refractivity contribution is 9.10. The van der Waals surface area contributed by atoms with E-state index in [0.29, 0.717) is 16.7 Å². The normalized spacial score (nSPS) is 29.7. The van der Waals surface area contributed by atoms with Gasteiger partial charge in [-0.2, -0.15) is 0 Å². The lowest BCUT2D eigenvalue weighted by molar-refractivity contribution is -0.0212. The van der Waals surface area contributed by atoms with Crippen LogP contribution in [-0.4, -0.2) is 35.7 Å². The molecule has 1 aromatic heterocycles. The lowest BCUT2D eigenvalue weighted by Gasteiger charge is -2.30. The van der Waals surface area contributed by atoms with Crippen LogP contribution in [0, 0.1) is 0 Å². The van der Waals surface area contributed by atoms with Gasteiger partial charge in [-0.1, -0.05) is 6.07 Å². The van der Waals surface area contributed by atoms with Crippen molar-refractivity contribution in [2.75, 3.05) is 19.7 Å². The number of pyridine rings is 1. The van der Waals surface area contributed by atoms with Crippen LogP contribution >= 0.6 is 15.9 Å². The fourth-order valence-corrected chi connectivity index (χ4v) is 1.61. The third-order valence-electron chi connectivity index (χ3n) is 2.08. The van der Waals surface area contributed by atoms with Gasteiger partial charge in [0.05, 0.1) is 12.7 Å². The van der Waals surface area contributed by atoms with Gasteiger partial charge < -0.3 is 4.74 Å². The molecule has 1 aliphatic rings. The molecule has 15 heavy (non-hydrogen) atoms. The van der Waals surface area contributed by atoms with Gasteiger partial charge in [-0.3, -0.25) is 4.90 Å². The zero-order valence-corrected chi connectivity index (χ0v) is 9.70. The Morgan fingerprint density at radius 3 is 3.47 bits per heavy atom. The van der Waals surface area contributed by atoms with Crippen molar-refractivity contribution in [3.05, 3.63) is 28.5 Å². The molecule has 2 rings (SSSR count). The molecule has 0 N–H and O–H groups in total. The SMILES string of the molecule is [2H]C([2H])([2H])C1CN(C([2H])([2H])c2ccc(Br)nc2)CCO1. The number of ether oxygens (including phenoxy) is 1. The second-order valence-electron chi connectivity index (χ2n) is 3.29. The van der Waals surface area contributed by atoms with E-state index < -0.39 is 19.5 Å². The predicted molar refractivity (Wildman–Crippen MR) is 62.6 cm³/mol. The van der Waals surface area contributed by atoms with Crippen LogP contribution < -0.4 is 0 Å². The molecule has 0 saturated carbocycles. The Kier molecular flexibility index (Phi) is 2.13. The third kappa shape index (κ3) is 3.26. The maximum absolute atomic E-state index is 8.22. The van der Waals surface area contributed by atoms with Crippen LogP contribution in [-0.2, 0) is 11.2 Å². The lowest BCUT2D eigenvalue weighted by Crippen LogP contribution is -2.40. The molecule has 3 nitrogen and oxygen atoms in total. The minimum atomic E-state index is -2.24. The van der Waals surface area contributed by atoms with Gasteiger partial charge in [-0.15, -0.1) is 0 Å². The molecule has 0 bridgehead atoms. The number of morpholine rings is 1. The summed E-state index contributed by atoms with van der Waals surface area (Å²) in [6, 6.07) is 3.30. The van der Waals surface area contributed by atoms with Gasteiger partial charge in [0, 0.05) is 32.6 Å². The molecule has 1 aromatic rings. The highest BCUT2D eigenvalue weighted by Gasteiger charge is 2.16. The van der Waals surface area contributed by atoms with E-state index in [1.165, 1.54) is 11.1 Å². The molecule has 1 atom stereocenters. The maximum atomic E-state index is 8.22. The van der Waals surface area contributed by atoms with E-state index in [1.807, 2.05) is 0 Å². The van der Waals surface area contributed by atoms with Crippen LogP contribution in [0.3, 0.4) is 0 Å². The van der Waals surface area contributed by atoms with Gasteiger partial charge in [0.25, 0.3) is 0 Å². The molecule has 1 saturated heterocycles. The van der Waals surface area contributed by atoms with E-state index in [1.54, 1.807) is 12.1 Å². The van der Waals surface area contributed by atoms with Crippen LogP contribution in [0.25, 0.3) is 0 Å². The summed E-state index contributed by atoms with van der Waals surface area (Å²) >= 11 is 3.20. The van der Waals surface area contributed by atoms with E-state index in [9.17, 15) is 0 Å². The predicted octanol–water partition coefficient (Wildman–Crippen LogP) is 2.06. The minimum absolute atomic E-state index is 0.0273. The zero-order chi connectivity index (χ0) is 15.0. The lowest BCUT2D eigenvalue weighted by atomic mass is 10.2. The average Bonchev–Trinajstić information content (AvgIpc) is 2.38. The molecule has 4 heteroatoms. The smallest absolute Gasteiger partial charge is 0.106 e. The summed E-state index contributed by atoms with van der Waals surface area (Å²) in [4.78, 5) is 5.50. The van der Waals surface area contributed by atoms with Crippen LogP contribution in [0.1, 0.15) is 19.3 Å². The van der Waals surface area contributed by atoms with Crippen molar-refractivity contribution in [1.82, 2.24) is 9.88 Å². The first-order chi connectivity index (χ1) is 9.21. The van der Waals surface area contributed by atoms with Gasteiger partial charge in [0.2, 0.25) is 0 Å². The number of rotatable bonds is 2. The van der Waals surface area contributed by atoms with E-state index >= 15 is 0 Å². The summed E-state index contributed by atoms with van der Waals surface area (Å²) in [5, 5.41) is 0. The van der Waals surface area contributed by atoms with Crippen molar-refractivity contribution >= 4 is 15.9 Å². The number of aromatic nitrogens is 1. The second-order valence-corrected chi connectivity index (χ2v) is 4.10. The topological polar surface area (TPSA) is 25.4 Å². The van der Waals surface area contributed by atoms with Crippen molar-refractivity contribution in [3.63, 3.8) is 0 Å². The van der Waals surface area contributed by atoms with E-state index in [0.717, 1.165) is 0 Å². The van der Waals surface area contributed by atoms with Gasteiger partial charge in [-0.05, 0) is 34.4 Å². The van der Waals surface area contributed by atoms with Crippen molar-refractivity contribution in [1.29, 1.82) is 0 Å². The molecule has 82 valence electrons. The molecule has 1 fully saturated rings. The summed E-state index contributed by atoms with van der Waals surface area (Å²) in [5.41, 5.74) is 0.395. The van der Waals surface area contributed by atoms with Crippen molar-refractivity contribution in [2.45, 2.75) is 19.5 Å². The molecule has 2 heterocycles. The van der Waals surface area contributed by atoms with Gasteiger partial charge >= 0.3 is 0 Å². The monoisotopic (exact) mass is 275 g/mol. The molecule has 0 aromatic carbocycles. The molecular weight excluding hydrogens is 256 g/mol. The minimum Gasteiger partial charge on any atom is -0.376 e. The van der Waals surface area contributed by atoms with Crippen LogP contribution in [0.4, 0.5) is 0 Å². The number of halogens is 1. The Bertz CT molecular complexity index is 465. The Labute approximate surface area is 106 Å². The Hall–Kier alpha value is -0.450. The molecule has 0 aliphatic carbocycles. The highest BCUT2D eigenvalue weighted by Crippen LogP contribution is 2.11. The molecule has 0 radical (unpaired) electrons. The van der Waals surface area contributed by atoms with Crippen LogP contribution in [0.2, 0.25) is 0 Å². The highest BCUT2D eigenvalue weighted by atomic mass is 79.9. The summed E-state index contributed by atoms with van der Waals surface area (Å²) in [6.07, 6.45) is 0.485. The number of hydrogen-bond acceptors (Lipinski definition) is 3. The number of hydrogen-bond donors (Lipinski definition) is 0. The molecular formula is C11H15BrN2O. The maximum Gasteiger partial charge on any atom is 0.106 e. The van der Waals surface area contributed by atoms with Gasteiger partial charge in [0.15, 0.2) is 0 Å². The molecule has 1 aliphatic heterocycles. The fourth-order valence-electron chi connectivity index (χ4n) is 1.38. The molecule has 0 spiro atoms. The van der Waals surface area contributed by atoms with Gasteiger partial charge in [0.1, 0.15) is 4.60 Å². The van der Waals surface area contributed by atoms with E-state index in [4.69, 9.17) is 11.6 Å². The Morgan fingerprint density at radius 2 is 2.73 bits per heavy atom. The van der Waals surface area contributed by atoms with E-state index in [-0.39, 0.29) is 13.2 Å². The summed E-state index contributed by atoms with van der Waals surface area (Å²) in [6.45, 7) is -3.45. The zero-order valence-electron chi connectivity index (χ0n) is 13.1. The average molecular weight is 276 g/mol. The van der Waals surface area contributed by atoms with Crippen molar-refractivity contribution < 1.29 is 11.6 Å². The first kappa shape index (κ1) is 6.33. The summed E-state index contributed by atoms with van der Waals surface area (Å²) in [5.74, 6) is 0. The standard InChI is InChI=1S/C11H15BrN2O/c1-9-7-14(4-5-15-9)8-10-2-3-11(12)13-6-10/h2-3,6,9H,4-5,7-8H2,1H3/i1D3,8D2. The first-order valence-electron chi connectivity index (χ1n) is 7.20.